The second kappa shape index (κ2) is 5.48. The van der Waals surface area contributed by atoms with Crippen molar-refractivity contribution in [2.24, 2.45) is 0 Å². The van der Waals surface area contributed by atoms with Gasteiger partial charge >= 0.3 is 0 Å². The minimum atomic E-state index is -0.0276. The van der Waals surface area contributed by atoms with Gasteiger partial charge in [-0.2, -0.15) is 0 Å². The van der Waals surface area contributed by atoms with Crippen molar-refractivity contribution in [2.45, 2.75) is 13.0 Å². The maximum atomic E-state index is 12.0. The first-order valence-electron chi connectivity index (χ1n) is 7.50. The number of aromatic amines is 1. The fraction of sp³-hybridized carbons (Fsp3) is 0.235. The summed E-state index contributed by atoms with van der Waals surface area (Å²) in [6.07, 6.45) is 2.57. The first-order valence-corrected chi connectivity index (χ1v) is 7.50. The van der Waals surface area contributed by atoms with Crippen LogP contribution in [0.25, 0.3) is 22.3 Å². The van der Waals surface area contributed by atoms with Crippen LogP contribution in [0.5, 0.6) is 0 Å². The maximum Gasteiger partial charge on any atom is 0.253 e. The van der Waals surface area contributed by atoms with Gasteiger partial charge in [-0.15, -0.1) is 0 Å². The SMILES string of the molecule is COCc1ccc2nccc(-c3cc4c([nH]3)CCNC4=O)c2n1. The van der Waals surface area contributed by atoms with Crippen LogP contribution in [-0.4, -0.2) is 34.5 Å². The number of amides is 1. The number of carbonyl (C=O) groups is 1. The molecule has 0 radical (unpaired) electrons. The number of nitrogens with zero attached hydrogens (tertiary/aromatic N) is 2. The number of hydrogen-bond donors (Lipinski definition) is 2. The van der Waals surface area contributed by atoms with Gasteiger partial charge in [-0.3, -0.25) is 9.78 Å². The Morgan fingerprint density at radius 2 is 2.17 bits per heavy atom. The minimum absolute atomic E-state index is 0.0276. The highest BCUT2D eigenvalue weighted by Gasteiger charge is 2.21. The molecule has 23 heavy (non-hydrogen) atoms. The van der Waals surface area contributed by atoms with Gasteiger partial charge in [0.25, 0.3) is 5.91 Å². The third-order valence-electron chi connectivity index (χ3n) is 4.03. The molecule has 116 valence electrons. The summed E-state index contributed by atoms with van der Waals surface area (Å²) >= 11 is 0. The molecule has 0 bridgehead atoms. The average Bonchev–Trinajstić information content (AvgIpc) is 3.00. The number of methoxy groups -OCH3 is 1. The number of rotatable bonds is 3. The highest BCUT2D eigenvalue weighted by molar-refractivity contribution is 5.99. The summed E-state index contributed by atoms with van der Waals surface area (Å²) in [5.74, 6) is -0.0276. The molecule has 0 aromatic carbocycles. The molecule has 3 aromatic rings. The van der Waals surface area contributed by atoms with Crippen LogP contribution in [0, 0.1) is 0 Å². The van der Waals surface area contributed by atoms with Gasteiger partial charge in [0, 0.05) is 43.2 Å². The molecule has 0 aliphatic carbocycles. The Balaban J connectivity index is 1.88. The van der Waals surface area contributed by atoms with Gasteiger partial charge in [0.1, 0.15) is 0 Å². The summed E-state index contributed by atoms with van der Waals surface area (Å²) in [5.41, 5.74) is 5.99. The van der Waals surface area contributed by atoms with Crippen LogP contribution in [0.15, 0.2) is 30.5 Å². The lowest BCUT2D eigenvalue weighted by atomic mass is 10.1. The van der Waals surface area contributed by atoms with Crippen LogP contribution < -0.4 is 5.32 Å². The third-order valence-corrected chi connectivity index (χ3v) is 4.03. The number of H-pyrrole nitrogens is 1. The van der Waals surface area contributed by atoms with E-state index in [2.05, 4.69) is 20.3 Å². The van der Waals surface area contributed by atoms with Crippen molar-refractivity contribution in [3.05, 3.63) is 47.4 Å². The van der Waals surface area contributed by atoms with Gasteiger partial charge in [0.15, 0.2) is 0 Å². The lowest BCUT2D eigenvalue weighted by molar-refractivity contribution is 0.0946. The zero-order chi connectivity index (χ0) is 15.8. The molecular weight excluding hydrogens is 292 g/mol. The minimum Gasteiger partial charge on any atom is -0.378 e. The van der Waals surface area contributed by atoms with E-state index in [-0.39, 0.29) is 5.91 Å². The molecule has 1 aliphatic heterocycles. The van der Waals surface area contributed by atoms with Gasteiger partial charge in [-0.1, -0.05) is 0 Å². The smallest absolute Gasteiger partial charge is 0.253 e. The second-order valence-electron chi connectivity index (χ2n) is 5.54. The van der Waals surface area contributed by atoms with Crippen molar-refractivity contribution in [1.82, 2.24) is 20.3 Å². The van der Waals surface area contributed by atoms with Crippen LogP contribution in [0.4, 0.5) is 0 Å². The molecule has 1 amide bonds. The number of fused-ring (bicyclic) bond motifs is 2. The number of aromatic nitrogens is 3. The highest BCUT2D eigenvalue weighted by atomic mass is 16.5. The predicted octanol–water partition coefficient (Wildman–Crippen LogP) is 2.06. The molecule has 0 saturated heterocycles. The molecule has 6 nitrogen and oxygen atoms in total. The van der Waals surface area contributed by atoms with Crippen molar-refractivity contribution in [1.29, 1.82) is 0 Å². The molecule has 2 N–H and O–H groups in total. The summed E-state index contributed by atoms with van der Waals surface area (Å²) < 4.78 is 5.16. The topological polar surface area (TPSA) is 79.9 Å². The maximum absolute atomic E-state index is 12.0. The number of pyridine rings is 2. The Morgan fingerprint density at radius 1 is 1.26 bits per heavy atom. The molecule has 0 fully saturated rings. The van der Waals surface area contributed by atoms with Crippen molar-refractivity contribution in [2.75, 3.05) is 13.7 Å². The van der Waals surface area contributed by atoms with E-state index in [1.807, 2.05) is 24.3 Å². The first kappa shape index (κ1) is 13.9. The molecule has 0 saturated carbocycles. The fourth-order valence-electron chi connectivity index (χ4n) is 2.95. The normalized spacial score (nSPS) is 13.9. The lowest BCUT2D eigenvalue weighted by Crippen LogP contribution is -2.31. The van der Waals surface area contributed by atoms with Gasteiger partial charge in [0.2, 0.25) is 0 Å². The number of hydrogen-bond acceptors (Lipinski definition) is 4. The van der Waals surface area contributed by atoms with E-state index in [1.54, 1.807) is 13.3 Å². The van der Waals surface area contributed by atoms with E-state index in [1.165, 1.54) is 0 Å². The quantitative estimate of drug-likeness (QED) is 0.776. The Bertz CT molecular complexity index is 901. The molecule has 4 heterocycles. The van der Waals surface area contributed by atoms with E-state index in [4.69, 9.17) is 4.74 Å². The van der Waals surface area contributed by atoms with Gasteiger partial charge in [0.05, 0.1) is 28.9 Å². The summed E-state index contributed by atoms with van der Waals surface area (Å²) in [6.45, 7) is 1.12. The van der Waals surface area contributed by atoms with Crippen LogP contribution in [0.2, 0.25) is 0 Å². The summed E-state index contributed by atoms with van der Waals surface area (Å²) in [5, 5.41) is 2.86. The average molecular weight is 308 g/mol. The highest BCUT2D eigenvalue weighted by Crippen LogP contribution is 2.28. The van der Waals surface area contributed by atoms with Crippen LogP contribution >= 0.6 is 0 Å². The number of ether oxygens (including phenoxy) is 1. The van der Waals surface area contributed by atoms with Crippen molar-refractivity contribution in [3.63, 3.8) is 0 Å². The second-order valence-corrected chi connectivity index (χ2v) is 5.54. The van der Waals surface area contributed by atoms with Crippen LogP contribution in [0.1, 0.15) is 21.7 Å². The molecule has 1 aliphatic rings. The molecule has 0 atom stereocenters. The molecular formula is C17H16N4O2. The summed E-state index contributed by atoms with van der Waals surface area (Å²) in [7, 11) is 1.65. The summed E-state index contributed by atoms with van der Waals surface area (Å²) in [6, 6.07) is 7.66. The first-order chi connectivity index (χ1) is 11.3. The van der Waals surface area contributed by atoms with Crippen LogP contribution in [0.3, 0.4) is 0 Å². The molecule has 0 spiro atoms. The predicted molar refractivity (Wildman–Crippen MR) is 86.1 cm³/mol. The monoisotopic (exact) mass is 308 g/mol. The van der Waals surface area contributed by atoms with E-state index in [9.17, 15) is 4.79 Å². The molecule has 3 aromatic heterocycles. The zero-order valence-corrected chi connectivity index (χ0v) is 12.7. The lowest BCUT2D eigenvalue weighted by Gasteiger charge is -2.11. The van der Waals surface area contributed by atoms with E-state index < -0.39 is 0 Å². The van der Waals surface area contributed by atoms with Gasteiger partial charge < -0.3 is 15.0 Å². The Morgan fingerprint density at radius 3 is 3.00 bits per heavy atom. The summed E-state index contributed by atoms with van der Waals surface area (Å²) in [4.78, 5) is 24.3. The Kier molecular flexibility index (Phi) is 3.31. The Labute approximate surface area is 132 Å². The fourth-order valence-corrected chi connectivity index (χ4v) is 2.95. The zero-order valence-electron chi connectivity index (χ0n) is 12.7. The van der Waals surface area contributed by atoms with Crippen molar-refractivity contribution < 1.29 is 9.53 Å². The molecule has 0 unspecified atom stereocenters. The third kappa shape index (κ3) is 2.37. The largest absolute Gasteiger partial charge is 0.378 e. The van der Waals surface area contributed by atoms with Crippen molar-refractivity contribution >= 4 is 16.9 Å². The van der Waals surface area contributed by atoms with E-state index >= 15 is 0 Å². The Hall–Kier alpha value is -2.73. The standard InChI is InChI=1S/C17H16N4O2/c1-23-9-10-2-3-14-16(20-10)11(4-6-18-14)15-8-12-13(21-15)5-7-19-17(12)22/h2-4,6,8,21H,5,7,9H2,1H3,(H,19,22). The molecule has 4 rings (SSSR count). The van der Waals surface area contributed by atoms with Gasteiger partial charge in [-0.25, -0.2) is 4.98 Å². The molecule has 6 heteroatoms. The number of carbonyl (C=O) groups excluding carboxylic acids is 1. The van der Waals surface area contributed by atoms with Gasteiger partial charge in [-0.05, 0) is 24.3 Å². The number of nitrogens with one attached hydrogen (secondary N) is 2. The van der Waals surface area contributed by atoms with Crippen molar-refractivity contribution in [3.8, 4) is 11.3 Å². The van der Waals surface area contributed by atoms with E-state index in [0.29, 0.717) is 18.7 Å². The van der Waals surface area contributed by atoms with E-state index in [0.717, 1.165) is 40.1 Å². The van der Waals surface area contributed by atoms with Crippen LogP contribution in [-0.2, 0) is 17.8 Å².